The molecule has 15 heavy (non-hydrogen) atoms. The van der Waals surface area contributed by atoms with Gasteiger partial charge >= 0.3 is 0 Å². The standard InChI is InChI=1S/C10H19N3O2/c1-14-6-4-13-9(11)12-7-10(13)3-2-5-15-8-10/h2-8H2,1H3,(H2,11,12). The minimum atomic E-state index is 0.0147. The lowest BCUT2D eigenvalue weighted by Gasteiger charge is -2.41. The molecule has 2 aliphatic rings. The molecule has 0 saturated carbocycles. The van der Waals surface area contributed by atoms with Gasteiger partial charge in [-0.2, -0.15) is 0 Å². The fourth-order valence-electron chi connectivity index (χ4n) is 2.35. The highest BCUT2D eigenvalue weighted by Crippen LogP contribution is 2.30. The lowest BCUT2D eigenvalue weighted by Crippen LogP contribution is -2.57. The third-order valence-corrected chi connectivity index (χ3v) is 3.21. The van der Waals surface area contributed by atoms with Crippen molar-refractivity contribution in [2.45, 2.75) is 18.4 Å². The van der Waals surface area contributed by atoms with Crippen molar-refractivity contribution in [2.75, 3.05) is 40.0 Å². The number of aliphatic imine (C=N–C) groups is 1. The fourth-order valence-corrected chi connectivity index (χ4v) is 2.35. The van der Waals surface area contributed by atoms with Crippen LogP contribution < -0.4 is 5.73 Å². The minimum Gasteiger partial charge on any atom is -0.383 e. The highest BCUT2D eigenvalue weighted by Gasteiger charge is 2.43. The Morgan fingerprint density at radius 3 is 3.20 bits per heavy atom. The Kier molecular flexibility index (Phi) is 3.11. The van der Waals surface area contributed by atoms with E-state index in [9.17, 15) is 0 Å². The number of rotatable bonds is 3. The lowest BCUT2D eigenvalue weighted by molar-refractivity contribution is -0.0148. The first-order chi connectivity index (χ1) is 7.28. The van der Waals surface area contributed by atoms with Gasteiger partial charge in [-0.25, -0.2) is 0 Å². The van der Waals surface area contributed by atoms with Gasteiger partial charge in [-0.1, -0.05) is 0 Å². The predicted molar refractivity (Wildman–Crippen MR) is 57.9 cm³/mol. The number of methoxy groups -OCH3 is 1. The minimum absolute atomic E-state index is 0.0147. The summed E-state index contributed by atoms with van der Waals surface area (Å²) in [7, 11) is 1.70. The SMILES string of the molecule is COCCN1C(N)=NCC12CCCOC2. The molecule has 2 N–H and O–H groups in total. The average Bonchev–Trinajstić information content (AvgIpc) is 2.55. The number of hydrogen-bond donors (Lipinski definition) is 1. The summed E-state index contributed by atoms with van der Waals surface area (Å²) in [6.07, 6.45) is 2.20. The average molecular weight is 213 g/mol. The molecule has 2 aliphatic heterocycles. The zero-order valence-electron chi connectivity index (χ0n) is 9.24. The first kappa shape index (κ1) is 10.7. The molecule has 0 aromatic rings. The van der Waals surface area contributed by atoms with Crippen LogP contribution in [-0.2, 0) is 9.47 Å². The van der Waals surface area contributed by atoms with Crippen molar-refractivity contribution >= 4 is 5.96 Å². The number of guanidine groups is 1. The molecule has 1 spiro atoms. The Labute approximate surface area is 90.2 Å². The fraction of sp³-hybridized carbons (Fsp3) is 0.900. The molecule has 2 heterocycles. The summed E-state index contributed by atoms with van der Waals surface area (Å²) in [5, 5.41) is 0. The van der Waals surface area contributed by atoms with Crippen molar-refractivity contribution < 1.29 is 9.47 Å². The third-order valence-electron chi connectivity index (χ3n) is 3.21. The van der Waals surface area contributed by atoms with Crippen molar-refractivity contribution in [2.24, 2.45) is 10.7 Å². The van der Waals surface area contributed by atoms with Crippen LogP contribution in [0.1, 0.15) is 12.8 Å². The molecule has 0 radical (unpaired) electrons. The molecular weight excluding hydrogens is 194 g/mol. The summed E-state index contributed by atoms with van der Waals surface area (Å²) in [6, 6.07) is 0. The van der Waals surface area contributed by atoms with Gasteiger partial charge in [0.15, 0.2) is 5.96 Å². The van der Waals surface area contributed by atoms with E-state index in [1.54, 1.807) is 7.11 Å². The predicted octanol–water partition coefficient (Wildman–Crippen LogP) is -0.188. The van der Waals surface area contributed by atoms with Gasteiger partial charge in [0, 0.05) is 20.3 Å². The maximum absolute atomic E-state index is 5.89. The number of hydrogen-bond acceptors (Lipinski definition) is 5. The van der Waals surface area contributed by atoms with E-state index in [0.29, 0.717) is 12.6 Å². The third kappa shape index (κ3) is 1.94. The lowest BCUT2D eigenvalue weighted by atomic mass is 9.91. The first-order valence-corrected chi connectivity index (χ1v) is 5.43. The molecule has 1 unspecified atom stereocenters. The van der Waals surface area contributed by atoms with E-state index < -0.39 is 0 Å². The second kappa shape index (κ2) is 4.37. The van der Waals surface area contributed by atoms with Crippen LogP contribution in [0.4, 0.5) is 0 Å². The van der Waals surface area contributed by atoms with E-state index >= 15 is 0 Å². The molecule has 1 saturated heterocycles. The van der Waals surface area contributed by atoms with Crippen LogP contribution in [0.2, 0.25) is 0 Å². The number of ether oxygens (including phenoxy) is 2. The van der Waals surface area contributed by atoms with Gasteiger partial charge in [0.1, 0.15) is 0 Å². The number of nitrogens with two attached hydrogens (primary N) is 1. The van der Waals surface area contributed by atoms with Crippen molar-refractivity contribution in [1.29, 1.82) is 0 Å². The Hall–Kier alpha value is -0.810. The van der Waals surface area contributed by atoms with E-state index in [4.69, 9.17) is 15.2 Å². The van der Waals surface area contributed by atoms with E-state index in [1.165, 1.54) is 0 Å². The summed E-state index contributed by atoms with van der Waals surface area (Å²) in [4.78, 5) is 6.48. The summed E-state index contributed by atoms with van der Waals surface area (Å²) in [5.74, 6) is 0.637. The summed E-state index contributed by atoms with van der Waals surface area (Å²) < 4.78 is 10.6. The Bertz CT molecular complexity index is 249. The summed E-state index contributed by atoms with van der Waals surface area (Å²) in [5.41, 5.74) is 5.90. The number of nitrogens with zero attached hydrogens (tertiary/aromatic N) is 2. The van der Waals surface area contributed by atoms with Crippen LogP contribution >= 0.6 is 0 Å². The molecule has 5 heteroatoms. The first-order valence-electron chi connectivity index (χ1n) is 5.43. The molecule has 0 aromatic heterocycles. The second-order valence-electron chi connectivity index (χ2n) is 4.20. The van der Waals surface area contributed by atoms with Crippen LogP contribution in [0.5, 0.6) is 0 Å². The van der Waals surface area contributed by atoms with Crippen molar-refractivity contribution in [1.82, 2.24) is 4.90 Å². The van der Waals surface area contributed by atoms with Crippen LogP contribution in [0.25, 0.3) is 0 Å². The van der Waals surface area contributed by atoms with Crippen molar-refractivity contribution in [3.63, 3.8) is 0 Å². The molecular formula is C10H19N3O2. The van der Waals surface area contributed by atoms with Crippen molar-refractivity contribution in [3.05, 3.63) is 0 Å². The Morgan fingerprint density at radius 1 is 1.67 bits per heavy atom. The van der Waals surface area contributed by atoms with Gasteiger partial charge < -0.3 is 20.1 Å². The van der Waals surface area contributed by atoms with Crippen molar-refractivity contribution in [3.8, 4) is 0 Å². The molecule has 0 aromatic carbocycles. The molecule has 5 nitrogen and oxygen atoms in total. The highest BCUT2D eigenvalue weighted by atomic mass is 16.5. The van der Waals surface area contributed by atoms with E-state index in [0.717, 1.165) is 39.1 Å². The zero-order chi connectivity index (χ0) is 10.7. The maximum Gasteiger partial charge on any atom is 0.192 e. The Balaban J connectivity index is 2.04. The van der Waals surface area contributed by atoms with Crippen LogP contribution in [-0.4, -0.2) is 56.4 Å². The Morgan fingerprint density at radius 2 is 2.53 bits per heavy atom. The molecule has 0 aliphatic carbocycles. The van der Waals surface area contributed by atoms with Gasteiger partial charge in [-0.15, -0.1) is 0 Å². The molecule has 1 atom stereocenters. The molecule has 0 bridgehead atoms. The summed E-state index contributed by atoms with van der Waals surface area (Å²) >= 11 is 0. The maximum atomic E-state index is 5.89. The second-order valence-corrected chi connectivity index (χ2v) is 4.20. The van der Waals surface area contributed by atoms with Gasteiger partial charge in [0.25, 0.3) is 0 Å². The molecule has 1 fully saturated rings. The topological polar surface area (TPSA) is 60.1 Å². The largest absolute Gasteiger partial charge is 0.383 e. The highest BCUT2D eigenvalue weighted by molar-refractivity contribution is 5.81. The van der Waals surface area contributed by atoms with Gasteiger partial charge in [-0.3, -0.25) is 4.99 Å². The van der Waals surface area contributed by atoms with E-state index in [2.05, 4.69) is 9.89 Å². The smallest absolute Gasteiger partial charge is 0.192 e. The van der Waals surface area contributed by atoms with Crippen LogP contribution in [0, 0.1) is 0 Å². The van der Waals surface area contributed by atoms with Gasteiger partial charge in [-0.05, 0) is 12.8 Å². The quantitative estimate of drug-likeness (QED) is 0.706. The monoisotopic (exact) mass is 213 g/mol. The van der Waals surface area contributed by atoms with Crippen LogP contribution in [0.3, 0.4) is 0 Å². The van der Waals surface area contributed by atoms with Crippen LogP contribution in [0.15, 0.2) is 4.99 Å². The normalized spacial score (nSPS) is 31.0. The molecule has 0 amide bonds. The van der Waals surface area contributed by atoms with E-state index in [-0.39, 0.29) is 5.54 Å². The van der Waals surface area contributed by atoms with Gasteiger partial charge in [0.05, 0.1) is 25.3 Å². The summed E-state index contributed by atoms with van der Waals surface area (Å²) in [6.45, 7) is 3.84. The molecule has 2 rings (SSSR count). The zero-order valence-corrected chi connectivity index (χ0v) is 9.24. The molecule has 86 valence electrons. The van der Waals surface area contributed by atoms with E-state index in [1.807, 2.05) is 0 Å². The van der Waals surface area contributed by atoms with Gasteiger partial charge in [0.2, 0.25) is 0 Å².